The Hall–Kier alpha value is -5.39. The van der Waals surface area contributed by atoms with Crippen LogP contribution in [0.5, 0.6) is 0 Å². The highest BCUT2D eigenvalue weighted by atomic mass is 19.4. The molecule has 0 saturated heterocycles. The monoisotopic (exact) mass is 576 g/mol. The van der Waals surface area contributed by atoms with Gasteiger partial charge >= 0.3 is 6.18 Å². The van der Waals surface area contributed by atoms with Gasteiger partial charge in [-0.25, -0.2) is 4.99 Å². The van der Waals surface area contributed by atoms with E-state index in [0.29, 0.717) is 46.4 Å². The lowest BCUT2D eigenvalue weighted by molar-refractivity contribution is -0.137. The molecule has 3 aromatic carbocycles. The molecule has 0 saturated carbocycles. The first-order chi connectivity index (χ1) is 19.9. The summed E-state index contributed by atoms with van der Waals surface area (Å²) < 4.78 is 38.4. The quantitative estimate of drug-likeness (QED) is 0.282. The first-order valence-electron chi connectivity index (χ1n) is 12.6. The van der Waals surface area contributed by atoms with Gasteiger partial charge < -0.3 is 26.2 Å². The van der Waals surface area contributed by atoms with E-state index in [-0.39, 0.29) is 11.5 Å². The van der Waals surface area contributed by atoms with Crippen LogP contribution >= 0.6 is 0 Å². The molecule has 0 unspecified atom stereocenters. The van der Waals surface area contributed by atoms with Crippen LogP contribution in [0, 0.1) is 6.92 Å². The molecule has 12 heteroatoms. The number of anilines is 3. The van der Waals surface area contributed by atoms with Gasteiger partial charge in [-0.15, -0.1) is 0 Å². The Bertz CT molecular complexity index is 1600. The number of aryl methyl sites for hydroxylation is 1. The van der Waals surface area contributed by atoms with Crippen molar-refractivity contribution in [3.05, 3.63) is 114 Å². The highest BCUT2D eigenvalue weighted by Crippen LogP contribution is 2.29. The van der Waals surface area contributed by atoms with Crippen LogP contribution in [0.25, 0.3) is 0 Å². The molecule has 216 valence electrons. The number of halogens is 3. The summed E-state index contributed by atoms with van der Waals surface area (Å²) in [5.41, 5.74) is 2.25. The summed E-state index contributed by atoms with van der Waals surface area (Å²) in [5, 5.41) is 11.3. The van der Waals surface area contributed by atoms with Crippen LogP contribution in [0.1, 0.15) is 31.8 Å². The van der Waals surface area contributed by atoms with Crippen molar-refractivity contribution in [3.63, 3.8) is 0 Å². The SMILES string of the molecule is C=CC(=O)Nc1cccc(NC2=NC=C(NC(=O)c3cc(NC(=O)c4ccc(C(F)(F)F)cc4)ccc3C)CN2C)c1. The van der Waals surface area contributed by atoms with Gasteiger partial charge in [0.1, 0.15) is 0 Å². The number of hydrogen-bond acceptors (Lipinski definition) is 6. The van der Waals surface area contributed by atoms with E-state index in [1.54, 1.807) is 49.2 Å². The van der Waals surface area contributed by atoms with E-state index >= 15 is 0 Å². The van der Waals surface area contributed by atoms with Gasteiger partial charge in [-0.1, -0.05) is 18.7 Å². The minimum absolute atomic E-state index is 0.0421. The predicted molar refractivity (Wildman–Crippen MR) is 155 cm³/mol. The fraction of sp³-hybridized carbons (Fsp3) is 0.133. The Kier molecular flexibility index (Phi) is 8.75. The zero-order valence-electron chi connectivity index (χ0n) is 22.7. The lowest BCUT2D eigenvalue weighted by atomic mass is 10.1. The molecule has 4 rings (SSSR count). The van der Waals surface area contributed by atoms with Crippen molar-refractivity contribution in [1.82, 2.24) is 10.2 Å². The minimum Gasteiger partial charge on any atom is -0.340 e. The van der Waals surface area contributed by atoms with E-state index in [2.05, 4.69) is 32.8 Å². The van der Waals surface area contributed by atoms with E-state index in [4.69, 9.17) is 0 Å². The van der Waals surface area contributed by atoms with Gasteiger partial charge in [0, 0.05) is 35.2 Å². The largest absolute Gasteiger partial charge is 0.416 e. The second-order valence-electron chi connectivity index (χ2n) is 9.38. The Morgan fingerprint density at radius 2 is 1.60 bits per heavy atom. The minimum atomic E-state index is -4.50. The van der Waals surface area contributed by atoms with Gasteiger partial charge in [-0.2, -0.15) is 13.2 Å². The van der Waals surface area contributed by atoms with Crippen LogP contribution in [0.2, 0.25) is 0 Å². The lowest BCUT2D eigenvalue weighted by Gasteiger charge is -2.26. The number of nitrogens with one attached hydrogen (secondary N) is 4. The second kappa shape index (κ2) is 12.4. The molecular weight excluding hydrogens is 549 g/mol. The molecule has 3 amide bonds. The Morgan fingerprint density at radius 3 is 2.26 bits per heavy atom. The highest BCUT2D eigenvalue weighted by molar-refractivity contribution is 6.05. The van der Waals surface area contributed by atoms with Crippen LogP contribution in [0.4, 0.5) is 30.2 Å². The first kappa shape index (κ1) is 29.6. The third-order valence-electron chi connectivity index (χ3n) is 6.17. The molecule has 0 bridgehead atoms. The van der Waals surface area contributed by atoms with Crippen LogP contribution in [0.3, 0.4) is 0 Å². The van der Waals surface area contributed by atoms with Crippen LogP contribution in [-0.2, 0) is 11.0 Å². The Labute approximate surface area is 239 Å². The summed E-state index contributed by atoms with van der Waals surface area (Å²) in [4.78, 5) is 43.5. The third-order valence-corrected chi connectivity index (χ3v) is 6.17. The molecule has 42 heavy (non-hydrogen) atoms. The van der Waals surface area contributed by atoms with E-state index in [9.17, 15) is 27.6 Å². The smallest absolute Gasteiger partial charge is 0.340 e. The number of guanidine groups is 1. The summed E-state index contributed by atoms with van der Waals surface area (Å²) in [5.74, 6) is -0.845. The Morgan fingerprint density at radius 1 is 0.905 bits per heavy atom. The molecule has 0 aromatic heterocycles. The average molecular weight is 577 g/mol. The summed E-state index contributed by atoms with van der Waals surface area (Å²) in [6, 6.07) is 15.7. The Balaban J connectivity index is 1.42. The van der Waals surface area contributed by atoms with E-state index in [1.807, 2.05) is 6.07 Å². The topological polar surface area (TPSA) is 115 Å². The molecule has 3 aromatic rings. The number of carbonyl (C=O) groups excluding carboxylic acids is 3. The highest BCUT2D eigenvalue weighted by Gasteiger charge is 2.30. The second-order valence-corrected chi connectivity index (χ2v) is 9.38. The van der Waals surface area contributed by atoms with Gasteiger partial charge in [-0.05, 0) is 73.2 Å². The molecule has 0 spiro atoms. The van der Waals surface area contributed by atoms with Crippen molar-refractivity contribution in [1.29, 1.82) is 0 Å². The summed E-state index contributed by atoms with van der Waals surface area (Å²) >= 11 is 0. The molecule has 0 fully saturated rings. The molecule has 0 radical (unpaired) electrons. The number of alkyl halides is 3. The van der Waals surface area contributed by atoms with E-state index in [0.717, 1.165) is 24.3 Å². The van der Waals surface area contributed by atoms with E-state index < -0.39 is 23.6 Å². The number of hydrogen-bond donors (Lipinski definition) is 4. The lowest BCUT2D eigenvalue weighted by Crippen LogP contribution is -2.40. The molecule has 1 aliphatic rings. The number of nitrogens with zero attached hydrogens (tertiary/aromatic N) is 2. The number of likely N-dealkylation sites (N-methyl/N-ethyl adjacent to an activating group) is 1. The molecule has 1 aliphatic heterocycles. The number of amides is 3. The normalized spacial score (nSPS) is 12.9. The van der Waals surface area contributed by atoms with E-state index in [1.165, 1.54) is 18.3 Å². The van der Waals surface area contributed by atoms with Crippen molar-refractivity contribution in [2.24, 2.45) is 4.99 Å². The van der Waals surface area contributed by atoms with Gasteiger partial charge in [0.05, 0.1) is 24.0 Å². The average Bonchev–Trinajstić information content (AvgIpc) is 2.95. The van der Waals surface area contributed by atoms with Crippen LogP contribution in [-0.4, -0.2) is 42.2 Å². The maximum absolute atomic E-state index is 13.1. The number of aliphatic imine (C=N–C) groups is 1. The predicted octanol–water partition coefficient (Wildman–Crippen LogP) is 5.38. The fourth-order valence-corrected chi connectivity index (χ4v) is 3.98. The number of carbonyl (C=O) groups is 3. The van der Waals surface area contributed by atoms with Crippen LogP contribution < -0.4 is 21.3 Å². The third kappa shape index (κ3) is 7.42. The maximum atomic E-state index is 13.1. The van der Waals surface area contributed by atoms with Gasteiger partial charge in [0.15, 0.2) is 0 Å². The molecule has 4 N–H and O–H groups in total. The van der Waals surface area contributed by atoms with Gasteiger partial charge in [0.25, 0.3) is 11.8 Å². The summed E-state index contributed by atoms with van der Waals surface area (Å²) in [6.45, 7) is 5.50. The molecule has 0 aliphatic carbocycles. The summed E-state index contributed by atoms with van der Waals surface area (Å²) in [6.07, 6.45) is -1.80. The number of benzene rings is 3. The first-order valence-corrected chi connectivity index (χ1v) is 12.6. The fourth-order valence-electron chi connectivity index (χ4n) is 3.98. The molecule has 9 nitrogen and oxygen atoms in total. The zero-order valence-corrected chi connectivity index (χ0v) is 22.7. The van der Waals surface area contributed by atoms with Crippen molar-refractivity contribution >= 4 is 40.7 Å². The van der Waals surface area contributed by atoms with Crippen LogP contribution in [0.15, 0.2) is 96.3 Å². The van der Waals surface area contributed by atoms with Crippen molar-refractivity contribution < 1.29 is 27.6 Å². The summed E-state index contributed by atoms with van der Waals surface area (Å²) in [7, 11) is 1.79. The van der Waals surface area contributed by atoms with Crippen molar-refractivity contribution in [2.75, 3.05) is 29.5 Å². The zero-order chi connectivity index (χ0) is 30.4. The molecular formula is C30H27F3N6O3. The standard InChI is InChI=1S/C30H27F3N6O3/c1-4-26(40)35-21-6-5-7-22(14-21)38-29-34-16-24(17-39(29)3)37-28(42)25-15-23(13-8-18(25)2)36-27(41)19-9-11-20(12-10-19)30(31,32)33/h4-16H,1,17H2,2-3H3,(H,34,38)(H,35,40)(H,36,41)(H,37,42). The van der Waals surface area contributed by atoms with Gasteiger partial charge in [-0.3, -0.25) is 14.4 Å². The van der Waals surface area contributed by atoms with Gasteiger partial charge in [0.2, 0.25) is 11.9 Å². The van der Waals surface area contributed by atoms with Crippen molar-refractivity contribution in [3.8, 4) is 0 Å². The number of rotatable bonds is 7. The maximum Gasteiger partial charge on any atom is 0.416 e. The molecule has 0 atom stereocenters. The molecule has 1 heterocycles. The van der Waals surface area contributed by atoms with Crippen molar-refractivity contribution in [2.45, 2.75) is 13.1 Å².